The van der Waals surface area contributed by atoms with E-state index in [1.807, 2.05) is 35.2 Å². The Kier molecular flexibility index (Phi) is 8.97. The third-order valence-electron chi connectivity index (χ3n) is 6.32. The van der Waals surface area contributed by atoms with E-state index in [0.29, 0.717) is 23.6 Å². The van der Waals surface area contributed by atoms with Gasteiger partial charge in [-0.25, -0.2) is 8.42 Å². The summed E-state index contributed by atoms with van der Waals surface area (Å²) in [5, 5.41) is 3.21. The molecule has 194 valence electrons. The molecule has 2 amide bonds. The smallest absolute Gasteiger partial charge is 0.243 e. The summed E-state index contributed by atoms with van der Waals surface area (Å²) in [4.78, 5) is 27.2. The van der Waals surface area contributed by atoms with Crippen molar-refractivity contribution >= 4 is 39.1 Å². The lowest BCUT2D eigenvalue weighted by Crippen LogP contribution is -2.39. The summed E-state index contributed by atoms with van der Waals surface area (Å²) in [6, 6.07) is 22.5. The molecule has 7 nitrogen and oxygen atoms in total. The first kappa shape index (κ1) is 26.9. The summed E-state index contributed by atoms with van der Waals surface area (Å²) < 4.78 is 27.9. The van der Waals surface area contributed by atoms with Gasteiger partial charge in [0.1, 0.15) is 0 Å². The van der Waals surface area contributed by atoms with Gasteiger partial charge in [-0.2, -0.15) is 4.31 Å². The third-order valence-corrected chi connectivity index (χ3v) is 8.43. The second-order valence-corrected chi connectivity index (χ2v) is 11.4. The first-order valence-corrected chi connectivity index (χ1v) is 14.1. The van der Waals surface area contributed by atoms with Crippen LogP contribution in [0.5, 0.6) is 0 Å². The Morgan fingerprint density at radius 3 is 2.16 bits per heavy atom. The van der Waals surface area contributed by atoms with Gasteiger partial charge in [-0.05, 0) is 66.8 Å². The van der Waals surface area contributed by atoms with Crippen LogP contribution < -0.4 is 5.32 Å². The number of amides is 2. The standard InChI is InChI=1S/C28H30ClN3O4S/c29-24-10-14-26(15-11-24)37(35,36)32(19-16-22-6-2-1-3-7-22)21-27(33)30-25-12-8-23(9-13-25)20-28(34)31-17-4-5-18-31/h1-3,6-15H,4-5,16-21H2,(H,30,33). The van der Waals surface area contributed by atoms with Crippen LogP contribution in [0.15, 0.2) is 83.8 Å². The van der Waals surface area contributed by atoms with Gasteiger partial charge in [-0.1, -0.05) is 54.1 Å². The van der Waals surface area contributed by atoms with Gasteiger partial charge in [0.2, 0.25) is 21.8 Å². The average molecular weight is 540 g/mol. The predicted octanol–water partition coefficient (Wildman–Crippen LogP) is 4.38. The molecular formula is C28H30ClN3O4S. The first-order chi connectivity index (χ1) is 17.8. The fourth-order valence-electron chi connectivity index (χ4n) is 4.26. The van der Waals surface area contributed by atoms with Crippen molar-refractivity contribution in [2.75, 3.05) is 31.5 Å². The molecule has 0 atom stereocenters. The zero-order valence-electron chi connectivity index (χ0n) is 20.5. The Bertz CT molecular complexity index is 1310. The summed E-state index contributed by atoms with van der Waals surface area (Å²) in [5.74, 6) is -0.345. The van der Waals surface area contributed by atoms with Gasteiger partial charge in [-0.3, -0.25) is 9.59 Å². The zero-order chi connectivity index (χ0) is 26.3. The first-order valence-electron chi connectivity index (χ1n) is 12.3. The van der Waals surface area contributed by atoms with Crippen molar-refractivity contribution < 1.29 is 18.0 Å². The molecule has 1 saturated heterocycles. The van der Waals surface area contributed by atoms with Gasteiger partial charge in [0, 0.05) is 30.3 Å². The van der Waals surface area contributed by atoms with Crippen LogP contribution in [0.2, 0.25) is 5.02 Å². The maximum atomic E-state index is 13.4. The maximum absolute atomic E-state index is 13.4. The molecule has 0 bridgehead atoms. The van der Waals surface area contributed by atoms with Crippen molar-refractivity contribution in [3.63, 3.8) is 0 Å². The fourth-order valence-corrected chi connectivity index (χ4v) is 5.78. The lowest BCUT2D eigenvalue weighted by molar-refractivity contribution is -0.129. The lowest BCUT2D eigenvalue weighted by Gasteiger charge is -2.22. The quantitative estimate of drug-likeness (QED) is 0.414. The molecule has 0 saturated carbocycles. The molecule has 0 aliphatic carbocycles. The Morgan fingerprint density at radius 2 is 1.51 bits per heavy atom. The molecule has 1 N–H and O–H groups in total. The van der Waals surface area contributed by atoms with Crippen LogP contribution in [0, 0.1) is 0 Å². The number of carbonyl (C=O) groups is 2. The number of carbonyl (C=O) groups excluding carboxylic acids is 2. The Balaban J connectivity index is 1.42. The number of hydrogen-bond donors (Lipinski definition) is 1. The molecule has 3 aromatic rings. The highest BCUT2D eigenvalue weighted by Gasteiger charge is 2.26. The zero-order valence-corrected chi connectivity index (χ0v) is 22.0. The van der Waals surface area contributed by atoms with Gasteiger partial charge >= 0.3 is 0 Å². The summed E-state index contributed by atoms with van der Waals surface area (Å²) in [7, 11) is -3.93. The number of nitrogens with zero attached hydrogens (tertiary/aromatic N) is 2. The second kappa shape index (κ2) is 12.4. The van der Waals surface area contributed by atoms with E-state index in [-0.39, 0.29) is 23.9 Å². The molecule has 37 heavy (non-hydrogen) atoms. The third kappa shape index (κ3) is 7.41. The normalized spacial score (nSPS) is 13.6. The van der Waals surface area contributed by atoms with Gasteiger partial charge in [0.05, 0.1) is 17.9 Å². The molecule has 1 aliphatic rings. The minimum absolute atomic E-state index is 0.0739. The highest BCUT2D eigenvalue weighted by molar-refractivity contribution is 7.89. The van der Waals surface area contributed by atoms with Crippen LogP contribution in [-0.4, -0.2) is 55.6 Å². The van der Waals surface area contributed by atoms with E-state index in [1.165, 1.54) is 28.6 Å². The van der Waals surface area contributed by atoms with E-state index < -0.39 is 15.9 Å². The van der Waals surface area contributed by atoms with Crippen LogP contribution in [0.3, 0.4) is 0 Å². The second-order valence-electron chi connectivity index (χ2n) is 9.04. The van der Waals surface area contributed by atoms with E-state index >= 15 is 0 Å². The van der Waals surface area contributed by atoms with E-state index in [9.17, 15) is 18.0 Å². The van der Waals surface area contributed by atoms with E-state index in [1.54, 1.807) is 24.3 Å². The van der Waals surface area contributed by atoms with E-state index in [2.05, 4.69) is 5.32 Å². The van der Waals surface area contributed by atoms with Crippen molar-refractivity contribution in [3.8, 4) is 0 Å². The van der Waals surface area contributed by atoms with Gasteiger partial charge in [0.15, 0.2) is 0 Å². The monoisotopic (exact) mass is 539 g/mol. The molecule has 0 spiro atoms. The molecule has 0 unspecified atom stereocenters. The van der Waals surface area contributed by atoms with Crippen LogP contribution >= 0.6 is 11.6 Å². The topological polar surface area (TPSA) is 86.8 Å². The summed E-state index contributed by atoms with van der Waals surface area (Å²) in [6.45, 7) is 1.42. The Morgan fingerprint density at radius 1 is 0.865 bits per heavy atom. The Hall–Kier alpha value is -3.20. The van der Waals surface area contributed by atoms with Gasteiger partial charge < -0.3 is 10.2 Å². The number of sulfonamides is 1. The van der Waals surface area contributed by atoms with Crippen LogP contribution in [0.1, 0.15) is 24.0 Å². The van der Waals surface area contributed by atoms with Crippen LogP contribution in [-0.2, 0) is 32.5 Å². The molecule has 9 heteroatoms. The molecule has 0 radical (unpaired) electrons. The molecule has 4 rings (SSSR count). The van der Waals surface area contributed by atoms with Gasteiger partial charge in [-0.15, -0.1) is 0 Å². The van der Waals surface area contributed by atoms with Crippen LogP contribution in [0.4, 0.5) is 5.69 Å². The number of nitrogens with one attached hydrogen (secondary N) is 1. The maximum Gasteiger partial charge on any atom is 0.243 e. The number of halogens is 1. The lowest BCUT2D eigenvalue weighted by atomic mass is 10.1. The van der Waals surface area contributed by atoms with Crippen molar-refractivity contribution in [2.24, 2.45) is 0 Å². The number of rotatable bonds is 10. The highest BCUT2D eigenvalue weighted by Crippen LogP contribution is 2.20. The number of hydrogen-bond acceptors (Lipinski definition) is 4. The molecule has 1 heterocycles. The van der Waals surface area contributed by atoms with Crippen molar-refractivity contribution in [3.05, 3.63) is 95.0 Å². The number of anilines is 1. The largest absolute Gasteiger partial charge is 0.342 e. The molecule has 3 aromatic carbocycles. The SMILES string of the molecule is O=C(CN(CCc1ccccc1)S(=O)(=O)c1ccc(Cl)cc1)Nc1ccc(CC(=O)N2CCCC2)cc1. The van der Waals surface area contributed by atoms with Crippen molar-refractivity contribution in [1.29, 1.82) is 0 Å². The highest BCUT2D eigenvalue weighted by atomic mass is 35.5. The summed E-state index contributed by atoms with van der Waals surface area (Å²) in [6.07, 6.45) is 2.88. The van der Waals surface area contributed by atoms with E-state index in [0.717, 1.165) is 37.1 Å². The Labute approximate surface area is 223 Å². The van der Waals surface area contributed by atoms with Crippen molar-refractivity contribution in [1.82, 2.24) is 9.21 Å². The van der Waals surface area contributed by atoms with Gasteiger partial charge in [0.25, 0.3) is 0 Å². The predicted molar refractivity (Wildman–Crippen MR) is 145 cm³/mol. The summed E-state index contributed by atoms with van der Waals surface area (Å²) in [5.41, 5.74) is 2.37. The molecular weight excluding hydrogens is 510 g/mol. The van der Waals surface area contributed by atoms with Crippen molar-refractivity contribution in [2.45, 2.75) is 30.6 Å². The molecule has 1 fully saturated rings. The minimum atomic E-state index is -3.93. The number of likely N-dealkylation sites (tertiary alicyclic amines) is 1. The van der Waals surface area contributed by atoms with E-state index in [4.69, 9.17) is 11.6 Å². The minimum Gasteiger partial charge on any atom is -0.342 e. The number of benzene rings is 3. The average Bonchev–Trinajstić information content (AvgIpc) is 3.44. The molecule has 1 aliphatic heterocycles. The molecule has 0 aromatic heterocycles. The summed E-state index contributed by atoms with van der Waals surface area (Å²) >= 11 is 5.94. The fraction of sp³-hybridized carbons (Fsp3) is 0.286. The van der Waals surface area contributed by atoms with Crippen LogP contribution in [0.25, 0.3) is 0 Å².